The van der Waals surface area contributed by atoms with E-state index in [1.165, 1.54) is 18.1 Å². The minimum Gasteiger partial charge on any atom is -0.507 e. The first-order valence-corrected chi connectivity index (χ1v) is 12.8. The van der Waals surface area contributed by atoms with E-state index < -0.39 is 17.7 Å². The second kappa shape index (κ2) is 12.0. The van der Waals surface area contributed by atoms with E-state index in [0.717, 1.165) is 11.1 Å². The number of ketones is 1. The number of carbonyl (C=O) groups is 2. The zero-order valence-electron chi connectivity index (χ0n) is 22.5. The van der Waals surface area contributed by atoms with Crippen LogP contribution in [0.25, 0.3) is 5.76 Å². The van der Waals surface area contributed by atoms with Gasteiger partial charge in [0.15, 0.2) is 11.5 Å². The van der Waals surface area contributed by atoms with E-state index in [1.54, 1.807) is 30.3 Å². The molecule has 3 aromatic carbocycles. The fraction of sp³-hybridized carbons (Fsp3) is 0.290. The van der Waals surface area contributed by atoms with Crippen molar-refractivity contribution in [3.05, 3.63) is 94.6 Å². The molecule has 0 bridgehead atoms. The van der Waals surface area contributed by atoms with Gasteiger partial charge in [0.1, 0.15) is 18.1 Å². The normalized spacial score (nSPS) is 16.6. The number of phenolic OH excluding ortho intramolecular Hbond substituents is 1. The number of rotatable bonds is 10. The number of hydrogen-bond acceptors (Lipinski definition) is 7. The Morgan fingerprint density at radius 3 is 2.36 bits per heavy atom. The number of ether oxygens (including phenoxy) is 3. The van der Waals surface area contributed by atoms with Gasteiger partial charge >= 0.3 is 0 Å². The summed E-state index contributed by atoms with van der Waals surface area (Å²) < 4.78 is 16.7. The molecular weight excluding hydrogens is 498 g/mol. The summed E-state index contributed by atoms with van der Waals surface area (Å²) in [5, 5.41) is 21.8. The molecule has 39 heavy (non-hydrogen) atoms. The highest BCUT2D eigenvalue weighted by Crippen LogP contribution is 2.42. The van der Waals surface area contributed by atoms with Crippen LogP contribution in [0.4, 0.5) is 0 Å². The van der Waals surface area contributed by atoms with E-state index in [4.69, 9.17) is 14.2 Å². The Labute approximate surface area is 228 Å². The first-order chi connectivity index (χ1) is 18.7. The number of nitrogens with zero attached hydrogens (tertiary/aromatic N) is 1. The molecule has 204 valence electrons. The van der Waals surface area contributed by atoms with Crippen LogP contribution in [0.5, 0.6) is 17.2 Å². The third kappa shape index (κ3) is 6.07. The molecule has 3 aromatic rings. The summed E-state index contributed by atoms with van der Waals surface area (Å²) in [5.74, 6) is -1.12. The summed E-state index contributed by atoms with van der Waals surface area (Å²) in [6.45, 7) is 6.32. The number of aryl methyl sites for hydroxylation is 1. The van der Waals surface area contributed by atoms with Crippen molar-refractivity contribution < 1.29 is 34.0 Å². The summed E-state index contributed by atoms with van der Waals surface area (Å²) in [6, 6.07) is 18.6. The molecule has 4 rings (SSSR count). The van der Waals surface area contributed by atoms with Crippen LogP contribution < -0.4 is 9.47 Å². The largest absolute Gasteiger partial charge is 0.507 e. The van der Waals surface area contributed by atoms with Crippen LogP contribution in [-0.4, -0.2) is 53.2 Å². The topological polar surface area (TPSA) is 106 Å². The van der Waals surface area contributed by atoms with Crippen molar-refractivity contribution in [2.45, 2.75) is 39.5 Å². The van der Waals surface area contributed by atoms with Gasteiger partial charge < -0.3 is 29.3 Å². The molecule has 0 aromatic heterocycles. The third-order valence-electron chi connectivity index (χ3n) is 6.53. The zero-order valence-corrected chi connectivity index (χ0v) is 22.5. The Kier molecular flexibility index (Phi) is 8.56. The van der Waals surface area contributed by atoms with Crippen LogP contribution in [-0.2, 0) is 20.9 Å². The average Bonchev–Trinajstić information content (AvgIpc) is 3.17. The molecule has 1 aliphatic heterocycles. The Morgan fingerprint density at radius 1 is 1.00 bits per heavy atom. The maximum absolute atomic E-state index is 13.3. The number of likely N-dealkylation sites (tertiary alicyclic amines) is 1. The van der Waals surface area contributed by atoms with Gasteiger partial charge in [0.05, 0.1) is 31.4 Å². The minimum absolute atomic E-state index is 0.0593. The number of carbonyl (C=O) groups excluding carboxylic acids is 2. The highest BCUT2D eigenvalue weighted by Gasteiger charge is 2.46. The molecule has 1 atom stereocenters. The van der Waals surface area contributed by atoms with Crippen LogP contribution in [0, 0.1) is 6.92 Å². The molecule has 8 heteroatoms. The standard InChI is InChI=1S/C31H33NO7/c1-19(2)38-15-14-32-28(22-10-13-26(37-4)24(33)17-22)27(30(35)31(32)36)29(34)23-11-12-25(20(3)16-23)39-18-21-8-6-5-7-9-21/h5-13,16-17,19,28,33-34H,14-15,18H2,1-4H3/b29-27-. The number of benzene rings is 3. The van der Waals surface area contributed by atoms with Crippen molar-refractivity contribution in [3.8, 4) is 17.2 Å². The Hall–Kier alpha value is -4.30. The van der Waals surface area contributed by atoms with Gasteiger partial charge in [-0.05, 0) is 67.8 Å². The number of amides is 1. The molecule has 0 radical (unpaired) electrons. The van der Waals surface area contributed by atoms with Crippen molar-refractivity contribution in [1.82, 2.24) is 4.90 Å². The molecule has 0 aliphatic carbocycles. The number of Topliss-reactive ketones (excluding diaryl/α,β-unsaturated/α-hetero) is 1. The van der Waals surface area contributed by atoms with Crippen molar-refractivity contribution in [1.29, 1.82) is 0 Å². The predicted octanol–water partition coefficient (Wildman–Crippen LogP) is 5.13. The summed E-state index contributed by atoms with van der Waals surface area (Å²) in [4.78, 5) is 27.8. The van der Waals surface area contributed by atoms with E-state index in [2.05, 4.69) is 0 Å². The Bertz CT molecular complexity index is 1380. The van der Waals surface area contributed by atoms with Gasteiger partial charge in [-0.25, -0.2) is 0 Å². The summed E-state index contributed by atoms with van der Waals surface area (Å²) >= 11 is 0. The fourth-order valence-electron chi connectivity index (χ4n) is 4.57. The van der Waals surface area contributed by atoms with Crippen molar-refractivity contribution >= 4 is 17.4 Å². The van der Waals surface area contributed by atoms with Crippen molar-refractivity contribution in [2.24, 2.45) is 0 Å². The molecule has 0 spiro atoms. The minimum atomic E-state index is -0.924. The lowest BCUT2D eigenvalue weighted by molar-refractivity contribution is -0.140. The summed E-state index contributed by atoms with van der Waals surface area (Å²) in [6.07, 6.45) is -0.0593. The number of aliphatic hydroxyl groups is 1. The van der Waals surface area contributed by atoms with Crippen LogP contribution in [0.2, 0.25) is 0 Å². The van der Waals surface area contributed by atoms with Gasteiger partial charge in [0.2, 0.25) is 0 Å². The number of phenols is 1. The molecule has 1 fully saturated rings. The van der Waals surface area contributed by atoms with E-state index in [1.807, 2.05) is 51.1 Å². The second-order valence-corrected chi connectivity index (χ2v) is 9.60. The van der Waals surface area contributed by atoms with E-state index in [9.17, 15) is 19.8 Å². The number of hydrogen-bond donors (Lipinski definition) is 2. The quantitative estimate of drug-likeness (QED) is 0.212. The van der Waals surface area contributed by atoms with Gasteiger partial charge in [-0.3, -0.25) is 9.59 Å². The van der Waals surface area contributed by atoms with Crippen LogP contribution in [0.3, 0.4) is 0 Å². The highest BCUT2D eigenvalue weighted by atomic mass is 16.5. The first kappa shape index (κ1) is 27.7. The van der Waals surface area contributed by atoms with Crippen LogP contribution in [0.15, 0.2) is 72.3 Å². The Morgan fingerprint density at radius 2 is 1.72 bits per heavy atom. The highest BCUT2D eigenvalue weighted by molar-refractivity contribution is 6.46. The number of aliphatic hydroxyl groups excluding tert-OH is 1. The molecule has 1 amide bonds. The molecule has 2 N–H and O–H groups in total. The smallest absolute Gasteiger partial charge is 0.295 e. The zero-order chi connectivity index (χ0) is 28.1. The monoisotopic (exact) mass is 531 g/mol. The maximum Gasteiger partial charge on any atom is 0.295 e. The summed E-state index contributed by atoms with van der Waals surface area (Å²) in [5.41, 5.74) is 2.55. The number of methoxy groups -OCH3 is 1. The second-order valence-electron chi connectivity index (χ2n) is 9.60. The molecule has 0 saturated carbocycles. The van der Waals surface area contributed by atoms with Crippen molar-refractivity contribution in [3.63, 3.8) is 0 Å². The van der Waals surface area contributed by atoms with Gasteiger partial charge in [-0.2, -0.15) is 0 Å². The van der Waals surface area contributed by atoms with Gasteiger partial charge in [0.25, 0.3) is 11.7 Å². The van der Waals surface area contributed by atoms with E-state index in [0.29, 0.717) is 23.5 Å². The van der Waals surface area contributed by atoms with Gasteiger partial charge in [-0.1, -0.05) is 36.4 Å². The first-order valence-electron chi connectivity index (χ1n) is 12.8. The molecule has 1 heterocycles. The lowest BCUT2D eigenvalue weighted by atomic mass is 9.94. The van der Waals surface area contributed by atoms with Gasteiger partial charge in [-0.15, -0.1) is 0 Å². The fourth-order valence-corrected chi connectivity index (χ4v) is 4.57. The number of aromatic hydroxyl groups is 1. The molecule has 1 unspecified atom stereocenters. The van der Waals surface area contributed by atoms with E-state index >= 15 is 0 Å². The maximum atomic E-state index is 13.3. The molecule has 1 saturated heterocycles. The van der Waals surface area contributed by atoms with Crippen LogP contribution >= 0.6 is 0 Å². The lowest BCUT2D eigenvalue weighted by Gasteiger charge is -2.26. The Balaban J connectivity index is 1.71. The predicted molar refractivity (Wildman–Crippen MR) is 147 cm³/mol. The summed E-state index contributed by atoms with van der Waals surface area (Å²) in [7, 11) is 1.43. The molecular formula is C31H33NO7. The van der Waals surface area contributed by atoms with Crippen LogP contribution in [0.1, 0.15) is 42.1 Å². The third-order valence-corrected chi connectivity index (χ3v) is 6.53. The SMILES string of the molecule is COc1ccc(C2/C(=C(/O)c3ccc(OCc4ccccc4)c(C)c3)C(=O)C(=O)N2CCOC(C)C)cc1O. The molecule has 8 nitrogen and oxygen atoms in total. The average molecular weight is 532 g/mol. The lowest BCUT2D eigenvalue weighted by Crippen LogP contribution is -2.33. The van der Waals surface area contributed by atoms with Crippen molar-refractivity contribution in [2.75, 3.05) is 20.3 Å². The van der Waals surface area contributed by atoms with Gasteiger partial charge in [0, 0.05) is 12.1 Å². The molecule has 1 aliphatic rings. The van der Waals surface area contributed by atoms with E-state index in [-0.39, 0.29) is 42.1 Å².